The Hall–Kier alpha value is -3.43. The first-order chi connectivity index (χ1) is 14.7. The van der Waals surface area contributed by atoms with E-state index in [-0.39, 0.29) is 21.2 Å². The van der Waals surface area contributed by atoms with Crippen LogP contribution in [0, 0.1) is 6.92 Å². The molecule has 2 aromatic heterocycles. The van der Waals surface area contributed by atoms with Gasteiger partial charge < -0.3 is 5.32 Å². The molecule has 0 aliphatic rings. The molecule has 0 unspecified atom stereocenters. The standard InChI is InChI=1S/C21H18ClN5O3S/c1-13-17-11-15(12-23-20(17)27(2)25-13)24-21(28)14-6-5-7-16(10-14)31(29,30)26-19-9-4-3-8-18(19)22/h3-12,26H,1-2H3,(H,24,28). The maximum absolute atomic E-state index is 12.8. The van der Waals surface area contributed by atoms with Crippen LogP contribution in [-0.2, 0) is 17.1 Å². The number of halogens is 1. The minimum absolute atomic E-state index is 0.0586. The molecule has 2 N–H and O–H groups in total. The number of benzene rings is 2. The maximum Gasteiger partial charge on any atom is 0.261 e. The molecule has 0 spiro atoms. The van der Waals surface area contributed by atoms with E-state index >= 15 is 0 Å². The lowest BCUT2D eigenvalue weighted by molar-refractivity contribution is 0.102. The highest BCUT2D eigenvalue weighted by Crippen LogP contribution is 2.25. The van der Waals surface area contributed by atoms with Crippen molar-refractivity contribution in [2.75, 3.05) is 10.0 Å². The van der Waals surface area contributed by atoms with Gasteiger partial charge in [-0.05, 0) is 43.3 Å². The van der Waals surface area contributed by atoms with Gasteiger partial charge in [0.15, 0.2) is 5.65 Å². The van der Waals surface area contributed by atoms with Crippen LogP contribution >= 0.6 is 11.6 Å². The van der Waals surface area contributed by atoms with Crippen LogP contribution < -0.4 is 10.0 Å². The fourth-order valence-electron chi connectivity index (χ4n) is 3.13. The van der Waals surface area contributed by atoms with Gasteiger partial charge in [0.1, 0.15) is 0 Å². The third-order valence-electron chi connectivity index (χ3n) is 4.65. The van der Waals surface area contributed by atoms with Crippen LogP contribution in [0.5, 0.6) is 0 Å². The molecule has 1 amide bonds. The summed E-state index contributed by atoms with van der Waals surface area (Å²) < 4.78 is 29.6. The fraction of sp³-hybridized carbons (Fsp3) is 0.0952. The van der Waals surface area contributed by atoms with Gasteiger partial charge in [-0.25, -0.2) is 13.4 Å². The number of aryl methyl sites for hydroxylation is 2. The molecule has 158 valence electrons. The molecule has 8 nitrogen and oxygen atoms in total. The number of hydrogen-bond donors (Lipinski definition) is 2. The highest BCUT2D eigenvalue weighted by molar-refractivity contribution is 7.92. The zero-order valence-corrected chi connectivity index (χ0v) is 18.2. The largest absolute Gasteiger partial charge is 0.321 e. The second kappa shape index (κ2) is 8.01. The number of sulfonamides is 1. The Bertz CT molecular complexity index is 1420. The lowest BCUT2D eigenvalue weighted by atomic mass is 10.2. The van der Waals surface area contributed by atoms with E-state index in [1.54, 1.807) is 42.1 Å². The number of nitrogens with one attached hydrogen (secondary N) is 2. The van der Waals surface area contributed by atoms with Crippen molar-refractivity contribution < 1.29 is 13.2 Å². The Morgan fingerprint density at radius 1 is 1.10 bits per heavy atom. The number of carbonyl (C=O) groups excluding carboxylic acids is 1. The lowest BCUT2D eigenvalue weighted by Gasteiger charge is -2.11. The summed E-state index contributed by atoms with van der Waals surface area (Å²) in [4.78, 5) is 17.0. The Morgan fingerprint density at radius 3 is 2.65 bits per heavy atom. The average molecular weight is 456 g/mol. The quantitative estimate of drug-likeness (QED) is 0.473. The van der Waals surface area contributed by atoms with Crippen molar-refractivity contribution in [2.24, 2.45) is 7.05 Å². The van der Waals surface area contributed by atoms with E-state index in [4.69, 9.17) is 11.6 Å². The maximum atomic E-state index is 12.8. The molecule has 2 heterocycles. The van der Waals surface area contributed by atoms with E-state index < -0.39 is 15.9 Å². The number of aromatic nitrogens is 3. The van der Waals surface area contributed by atoms with E-state index in [0.717, 1.165) is 11.1 Å². The highest BCUT2D eigenvalue weighted by atomic mass is 35.5. The third kappa shape index (κ3) is 4.23. The Balaban J connectivity index is 1.58. The van der Waals surface area contributed by atoms with E-state index in [2.05, 4.69) is 20.1 Å². The normalized spacial score (nSPS) is 11.5. The molecule has 0 fully saturated rings. The van der Waals surface area contributed by atoms with Crippen LogP contribution in [0.4, 0.5) is 11.4 Å². The smallest absolute Gasteiger partial charge is 0.261 e. The summed E-state index contributed by atoms with van der Waals surface area (Å²) in [6, 6.07) is 14.0. The molecule has 2 aromatic carbocycles. The molecular weight excluding hydrogens is 438 g/mol. The second-order valence-corrected chi connectivity index (χ2v) is 8.96. The number of anilines is 2. The second-order valence-electron chi connectivity index (χ2n) is 6.87. The van der Waals surface area contributed by atoms with Crippen molar-refractivity contribution in [3.05, 3.63) is 77.1 Å². The van der Waals surface area contributed by atoms with Gasteiger partial charge in [-0.1, -0.05) is 29.8 Å². The molecule has 0 aliphatic heterocycles. The predicted octanol–water partition coefficient (Wildman–Crippen LogP) is 3.98. The number of rotatable bonds is 5. The van der Waals surface area contributed by atoms with Gasteiger partial charge in [0.2, 0.25) is 0 Å². The summed E-state index contributed by atoms with van der Waals surface area (Å²) in [5, 5.41) is 8.15. The van der Waals surface area contributed by atoms with E-state index in [9.17, 15) is 13.2 Å². The highest BCUT2D eigenvalue weighted by Gasteiger charge is 2.18. The summed E-state index contributed by atoms with van der Waals surface area (Å²) in [6.45, 7) is 1.86. The topological polar surface area (TPSA) is 106 Å². The summed E-state index contributed by atoms with van der Waals surface area (Å²) in [6.07, 6.45) is 1.53. The van der Waals surface area contributed by atoms with Crippen LogP contribution in [0.15, 0.2) is 65.7 Å². The van der Waals surface area contributed by atoms with Crippen LogP contribution in [0.2, 0.25) is 5.02 Å². The molecular formula is C21H18ClN5O3S. The molecule has 0 saturated carbocycles. The zero-order chi connectivity index (χ0) is 22.2. The number of hydrogen-bond acceptors (Lipinski definition) is 5. The van der Waals surface area contributed by atoms with Gasteiger partial charge in [0.05, 0.1) is 33.2 Å². The Morgan fingerprint density at radius 2 is 1.87 bits per heavy atom. The first kappa shape index (κ1) is 20.8. The van der Waals surface area contributed by atoms with Gasteiger partial charge in [0.25, 0.3) is 15.9 Å². The fourth-order valence-corrected chi connectivity index (χ4v) is 4.50. The minimum Gasteiger partial charge on any atom is -0.321 e. The number of fused-ring (bicyclic) bond motifs is 1. The van der Waals surface area contributed by atoms with E-state index in [0.29, 0.717) is 11.3 Å². The molecule has 31 heavy (non-hydrogen) atoms. The third-order valence-corrected chi connectivity index (χ3v) is 6.34. The van der Waals surface area contributed by atoms with Crippen LogP contribution in [-0.4, -0.2) is 29.1 Å². The summed E-state index contributed by atoms with van der Waals surface area (Å²) in [7, 11) is -2.14. The molecule has 4 rings (SSSR count). The van der Waals surface area contributed by atoms with Gasteiger partial charge >= 0.3 is 0 Å². The number of pyridine rings is 1. The first-order valence-electron chi connectivity index (χ1n) is 9.23. The summed E-state index contributed by atoms with van der Waals surface area (Å²) in [5.41, 5.74) is 2.42. The SMILES string of the molecule is Cc1nn(C)c2ncc(NC(=O)c3cccc(S(=O)(=O)Nc4ccccc4Cl)c3)cc12. The average Bonchev–Trinajstić information content (AvgIpc) is 3.03. The van der Waals surface area contributed by atoms with Crippen molar-refractivity contribution in [3.8, 4) is 0 Å². The summed E-state index contributed by atoms with van der Waals surface area (Å²) >= 11 is 6.04. The van der Waals surface area contributed by atoms with E-state index in [1.165, 1.54) is 30.5 Å². The van der Waals surface area contributed by atoms with Gasteiger partial charge in [-0.2, -0.15) is 5.10 Å². The van der Waals surface area contributed by atoms with Gasteiger partial charge in [-0.3, -0.25) is 14.2 Å². The monoisotopic (exact) mass is 455 g/mol. The van der Waals surface area contributed by atoms with Crippen LogP contribution in [0.25, 0.3) is 11.0 Å². The molecule has 0 atom stereocenters. The summed E-state index contributed by atoms with van der Waals surface area (Å²) in [5.74, 6) is -0.461. The Labute approximate surface area is 183 Å². The van der Waals surface area contributed by atoms with Crippen LogP contribution in [0.1, 0.15) is 16.1 Å². The van der Waals surface area contributed by atoms with Crippen molar-refractivity contribution in [3.63, 3.8) is 0 Å². The molecule has 4 aromatic rings. The minimum atomic E-state index is -3.93. The van der Waals surface area contributed by atoms with Crippen molar-refractivity contribution in [1.29, 1.82) is 0 Å². The molecule has 0 radical (unpaired) electrons. The lowest BCUT2D eigenvalue weighted by Crippen LogP contribution is -2.16. The number of para-hydroxylation sites is 1. The van der Waals surface area contributed by atoms with Gasteiger partial charge in [0, 0.05) is 18.0 Å². The number of nitrogens with zero attached hydrogens (tertiary/aromatic N) is 3. The molecule has 10 heteroatoms. The van der Waals surface area contributed by atoms with Crippen LogP contribution in [0.3, 0.4) is 0 Å². The van der Waals surface area contributed by atoms with Crippen molar-refractivity contribution >= 4 is 49.9 Å². The van der Waals surface area contributed by atoms with Gasteiger partial charge in [-0.15, -0.1) is 0 Å². The predicted molar refractivity (Wildman–Crippen MR) is 120 cm³/mol. The Kier molecular flexibility index (Phi) is 5.38. The van der Waals surface area contributed by atoms with E-state index in [1.807, 2.05) is 6.92 Å². The van der Waals surface area contributed by atoms with Crippen molar-refractivity contribution in [1.82, 2.24) is 14.8 Å². The van der Waals surface area contributed by atoms with Crippen molar-refractivity contribution in [2.45, 2.75) is 11.8 Å². The molecule has 0 bridgehead atoms. The first-order valence-corrected chi connectivity index (χ1v) is 11.1. The number of carbonyl (C=O) groups is 1. The molecule has 0 aliphatic carbocycles. The number of amides is 1. The molecule has 0 saturated heterocycles. The zero-order valence-electron chi connectivity index (χ0n) is 16.6.